The van der Waals surface area contributed by atoms with Crippen LogP contribution in [0.15, 0.2) is 42.5 Å². The summed E-state index contributed by atoms with van der Waals surface area (Å²) in [7, 11) is 0. The average molecular weight is 380 g/mol. The Hall–Kier alpha value is -2.24. The maximum Gasteiger partial charge on any atom is 0.161 e. The van der Waals surface area contributed by atoms with Crippen LogP contribution in [0.2, 0.25) is 0 Å². The highest BCUT2D eigenvalue weighted by Crippen LogP contribution is 2.38. The van der Waals surface area contributed by atoms with Crippen molar-refractivity contribution in [3.8, 4) is 11.5 Å². The maximum absolute atomic E-state index is 5.79. The van der Waals surface area contributed by atoms with E-state index in [2.05, 4.69) is 52.3 Å². The summed E-state index contributed by atoms with van der Waals surface area (Å²) in [6, 6.07) is 16.0. The molecule has 2 fully saturated rings. The Bertz CT molecular complexity index is 802. The first kappa shape index (κ1) is 17.8. The number of fused-ring (bicyclic) bond motifs is 1. The second-order valence-electron chi connectivity index (χ2n) is 7.80. The van der Waals surface area contributed by atoms with Gasteiger partial charge < -0.3 is 19.1 Å². The third-order valence-electron chi connectivity index (χ3n) is 6.01. The van der Waals surface area contributed by atoms with Gasteiger partial charge in [-0.05, 0) is 54.8 Å². The number of hydrogen-bond acceptors (Lipinski definition) is 5. The molecule has 5 rings (SSSR count). The number of nitrogens with zero attached hydrogens (tertiary/aromatic N) is 2. The van der Waals surface area contributed by atoms with Crippen molar-refractivity contribution in [2.24, 2.45) is 0 Å². The Labute approximate surface area is 166 Å². The molecule has 28 heavy (non-hydrogen) atoms. The van der Waals surface area contributed by atoms with E-state index < -0.39 is 0 Å². The second-order valence-corrected chi connectivity index (χ2v) is 7.80. The van der Waals surface area contributed by atoms with Crippen LogP contribution in [0.25, 0.3) is 0 Å². The minimum atomic E-state index is 0.453. The SMILES string of the molecule is c1cc(N2CCOCC2)ccc1CN1CCC[C@@H]1c1ccc2c(c1)OCCO2. The maximum atomic E-state index is 5.79. The fraction of sp³-hybridized carbons (Fsp3) is 0.478. The molecule has 3 aliphatic heterocycles. The van der Waals surface area contributed by atoms with Crippen LogP contribution >= 0.6 is 0 Å². The van der Waals surface area contributed by atoms with Gasteiger partial charge in [-0.3, -0.25) is 4.90 Å². The van der Waals surface area contributed by atoms with Crippen molar-refractivity contribution in [1.82, 2.24) is 4.90 Å². The van der Waals surface area contributed by atoms with E-state index in [0.717, 1.165) is 50.9 Å². The van der Waals surface area contributed by atoms with Gasteiger partial charge in [-0.15, -0.1) is 0 Å². The molecule has 2 aromatic rings. The van der Waals surface area contributed by atoms with E-state index in [0.29, 0.717) is 19.3 Å². The van der Waals surface area contributed by atoms with Crippen LogP contribution in [0.3, 0.4) is 0 Å². The largest absolute Gasteiger partial charge is 0.486 e. The lowest BCUT2D eigenvalue weighted by Crippen LogP contribution is -2.36. The van der Waals surface area contributed by atoms with Crippen LogP contribution in [0.1, 0.15) is 30.0 Å². The summed E-state index contributed by atoms with van der Waals surface area (Å²) in [6.45, 7) is 7.03. The van der Waals surface area contributed by atoms with Crippen molar-refractivity contribution < 1.29 is 14.2 Å². The molecule has 148 valence electrons. The lowest BCUT2D eigenvalue weighted by Gasteiger charge is -2.29. The molecule has 5 nitrogen and oxygen atoms in total. The molecule has 0 bridgehead atoms. The first-order chi connectivity index (χ1) is 13.9. The average Bonchev–Trinajstić information content (AvgIpc) is 3.23. The predicted molar refractivity (Wildman–Crippen MR) is 109 cm³/mol. The van der Waals surface area contributed by atoms with Crippen molar-refractivity contribution in [3.63, 3.8) is 0 Å². The van der Waals surface area contributed by atoms with Gasteiger partial charge in [0.25, 0.3) is 0 Å². The molecule has 0 radical (unpaired) electrons. The minimum absolute atomic E-state index is 0.453. The van der Waals surface area contributed by atoms with Crippen molar-refractivity contribution in [3.05, 3.63) is 53.6 Å². The molecule has 0 N–H and O–H groups in total. The quantitative estimate of drug-likeness (QED) is 0.809. The van der Waals surface area contributed by atoms with Crippen LogP contribution in [0.5, 0.6) is 11.5 Å². The van der Waals surface area contributed by atoms with E-state index in [4.69, 9.17) is 14.2 Å². The molecular formula is C23H28N2O3. The zero-order chi connectivity index (χ0) is 18.8. The second kappa shape index (κ2) is 8.02. The third-order valence-corrected chi connectivity index (χ3v) is 6.01. The summed E-state index contributed by atoms with van der Waals surface area (Å²) in [5.74, 6) is 1.77. The number of benzene rings is 2. The van der Waals surface area contributed by atoms with Gasteiger partial charge in [-0.2, -0.15) is 0 Å². The van der Waals surface area contributed by atoms with Crippen molar-refractivity contribution in [2.75, 3.05) is 51.0 Å². The summed E-state index contributed by atoms with van der Waals surface area (Å²) in [6.07, 6.45) is 2.44. The molecule has 1 atom stereocenters. The highest BCUT2D eigenvalue weighted by molar-refractivity contribution is 5.48. The Morgan fingerprint density at radius 2 is 1.61 bits per heavy atom. The van der Waals surface area contributed by atoms with Crippen LogP contribution < -0.4 is 14.4 Å². The number of rotatable bonds is 4. The van der Waals surface area contributed by atoms with Crippen LogP contribution in [-0.2, 0) is 11.3 Å². The van der Waals surface area contributed by atoms with E-state index in [1.807, 2.05) is 0 Å². The zero-order valence-electron chi connectivity index (χ0n) is 16.3. The number of anilines is 1. The van der Waals surface area contributed by atoms with E-state index >= 15 is 0 Å². The molecule has 3 aliphatic rings. The monoisotopic (exact) mass is 380 g/mol. The van der Waals surface area contributed by atoms with Crippen LogP contribution in [-0.4, -0.2) is 51.0 Å². The number of morpholine rings is 1. The van der Waals surface area contributed by atoms with Gasteiger partial charge in [0.1, 0.15) is 13.2 Å². The fourth-order valence-electron chi connectivity index (χ4n) is 4.53. The highest BCUT2D eigenvalue weighted by atomic mass is 16.6. The smallest absolute Gasteiger partial charge is 0.161 e. The molecule has 0 saturated carbocycles. The molecule has 0 aliphatic carbocycles. The molecule has 2 saturated heterocycles. The normalized spacial score (nSPS) is 22.4. The Morgan fingerprint density at radius 1 is 0.821 bits per heavy atom. The van der Waals surface area contributed by atoms with E-state index in [1.54, 1.807) is 0 Å². The van der Waals surface area contributed by atoms with Gasteiger partial charge in [0, 0.05) is 31.4 Å². The highest BCUT2D eigenvalue weighted by Gasteiger charge is 2.27. The molecule has 5 heteroatoms. The summed E-state index contributed by atoms with van der Waals surface area (Å²) in [4.78, 5) is 5.00. The van der Waals surface area contributed by atoms with E-state index in [-0.39, 0.29) is 0 Å². The molecule has 0 amide bonds. The molecule has 2 aromatic carbocycles. The zero-order valence-corrected chi connectivity index (χ0v) is 16.3. The van der Waals surface area contributed by atoms with Gasteiger partial charge in [0.2, 0.25) is 0 Å². The van der Waals surface area contributed by atoms with E-state index in [9.17, 15) is 0 Å². The Morgan fingerprint density at radius 3 is 2.43 bits per heavy atom. The lowest BCUT2D eigenvalue weighted by atomic mass is 10.0. The number of hydrogen-bond donors (Lipinski definition) is 0. The minimum Gasteiger partial charge on any atom is -0.486 e. The fourth-order valence-corrected chi connectivity index (χ4v) is 4.53. The van der Waals surface area contributed by atoms with Crippen LogP contribution in [0.4, 0.5) is 5.69 Å². The molecule has 0 aromatic heterocycles. The number of likely N-dealkylation sites (tertiary alicyclic amines) is 1. The van der Waals surface area contributed by atoms with Gasteiger partial charge in [0.05, 0.1) is 13.2 Å². The lowest BCUT2D eigenvalue weighted by molar-refractivity contribution is 0.122. The van der Waals surface area contributed by atoms with Crippen molar-refractivity contribution in [2.45, 2.75) is 25.4 Å². The van der Waals surface area contributed by atoms with Gasteiger partial charge in [-0.25, -0.2) is 0 Å². The first-order valence-electron chi connectivity index (χ1n) is 10.4. The molecular weight excluding hydrogens is 352 g/mol. The summed E-state index contributed by atoms with van der Waals surface area (Å²) >= 11 is 0. The molecule has 0 unspecified atom stereocenters. The van der Waals surface area contributed by atoms with E-state index in [1.165, 1.54) is 29.7 Å². The third kappa shape index (κ3) is 3.69. The van der Waals surface area contributed by atoms with Crippen molar-refractivity contribution >= 4 is 5.69 Å². The molecule has 0 spiro atoms. The van der Waals surface area contributed by atoms with Gasteiger partial charge in [-0.1, -0.05) is 18.2 Å². The Kier molecular flexibility index (Phi) is 5.10. The molecule has 3 heterocycles. The first-order valence-corrected chi connectivity index (χ1v) is 10.4. The van der Waals surface area contributed by atoms with Crippen LogP contribution in [0, 0.1) is 0 Å². The standard InChI is InChI=1S/C23H28N2O3/c1-2-21(19-5-8-22-23(16-19)28-15-14-27-22)25(9-1)17-18-3-6-20(7-4-18)24-10-12-26-13-11-24/h3-8,16,21H,1-2,9-15,17H2/t21-/m1/s1. The van der Waals surface area contributed by atoms with Gasteiger partial charge in [0.15, 0.2) is 11.5 Å². The van der Waals surface area contributed by atoms with Crippen molar-refractivity contribution in [1.29, 1.82) is 0 Å². The Balaban J connectivity index is 1.28. The summed E-state index contributed by atoms with van der Waals surface area (Å²) < 4.78 is 16.9. The topological polar surface area (TPSA) is 34.2 Å². The summed E-state index contributed by atoms with van der Waals surface area (Å²) in [5, 5.41) is 0. The number of ether oxygens (including phenoxy) is 3. The predicted octanol–water partition coefficient (Wildman–Crippen LogP) is 3.63. The van der Waals surface area contributed by atoms with Gasteiger partial charge >= 0.3 is 0 Å². The summed E-state index contributed by atoms with van der Waals surface area (Å²) in [5.41, 5.74) is 4.02.